The van der Waals surface area contributed by atoms with Crippen LogP contribution in [0.3, 0.4) is 0 Å². The Hall–Kier alpha value is -2.35. The third kappa shape index (κ3) is 1.85. The highest BCUT2D eigenvalue weighted by Crippen LogP contribution is 2.30. The number of aromatic nitrogens is 1. The molecule has 0 N–H and O–H groups in total. The normalized spacial score (nSPS) is 10.8. The molecule has 19 heavy (non-hydrogen) atoms. The summed E-state index contributed by atoms with van der Waals surface area (Å²) in [5.41, 5.74) is 6.27. The lowest BCUT2D eigenvalue weighted by Gasteiger charge is -2.06. The lowest BCUT2D eigenvalue weighted by atomic mass is 9.99. The lowest BCUT2D eigenvalue weighted by Crippen LogP contribution is -1.93. The van der Waals surface area contributed by atoms with Gasteiger partial charge in [0.15, 0.2) is 6.29 Å². The number of hydrogen-bond acceptors (Lipinski definition) is 1. The maximum Gasteiger partial charge on any atom is 0.167 e. The molecular formula is C17H15NO. The zero-order valence-electron chi connectivity index (χ0n) is 11.1. The van der Waals surface area contributed by atoms with Gasteiger partial charge in [-0.3, -0.25) is 4.79 Å². The second-order valence-electron chi connectivity index (χ2n) is 4.87. The first kappa shape index (κ1) is 11.7. The predicted molar refractivity (Wildman–Crippen MR) is 77.7 cm³/mol. The largest absolute Gasteiger partial charge is 0.314 e. The van der Waals surface area contributed by atoms with Crippen LogP contribution in [-0.4, -0.2) is 10.7 Å². The Morgan fingerprint density at radius 1 is 1.00 bits per heavy atom. The third-order valence-electron chi connectivity index (χ3n) is 3.51. The highest BCUT2D eigenvalue weighted by Gasteiger charge is 2.12. The molecule has 2 heteroatoms. The number of aldehydes is 1. The first-order valence-electron chi connectivity index (χ1n) is 6.33. The van der Waals surface area contributed by atoms with E-state index in [-0.39, 0.29) is 0 Å². The molecule has 0 aliphatic carbocycles. The Kier molecular flexibility index (Phi) is 2.71. The van der Waals surface area contributed by atoms with Gasteiger partial charge in [0.05, 0.1) is 5.69 Å². The average Bonchev–Trinajstić information content (AvgIpc) is 2.79. The van der Waals surface area contributed by atoms with E-state index in [4.69, 9.17) is 0 Å². The van der Waals surface area contributed by atoms with Crippen molar-refractivity contribution in [2.75, 3.05) is 0 Å². The van der Waals surface area contributed by atoms with Crippen molar-refractivity contribution in [1.82, 2.24) is 4.40 Å². The summed E-state index contributed by atoms with van der Waals surface area (Å²) in [6.45, 7) is 4.14. The maximum atomic E-state index is 11.5. The fraction of sp³-hybridized carbons (Fsp3) is 0.118. The molecule has 3 aromatic rings. The summed E-state index contributed by atoms with van der Waals surface area (Å²) in [4.78, 5) is 11.5. The molecule has 0 spiro atoms. The summed E-state index contributed by atoms with van der Waals surface area (Å²) in [7, 11) is 0. The molecule has 0 aliphatic heterocycles. The van der Waals surface area contributed by atoms with Crippen LogP contribution in [0.4, 0.5) is 0 Å². The molecule has 0 bridgehead atoms. The van der Waals surface area contributed by atoms with Crippen molar-refractivity contribution in [3.63, 3.8) is 0 Å². The smallest absolute Gasteiger partial charge is 0.167 e. The fourth-order valence-electron chi connectivity index (χ4n) is 2.51. The fourth-order valence-corrected chi connectivity index (χ4v) is 2.51. The van der Waals surface area contributed by atoms with Gasteiger partial charge in [0.2, 0.25) is 0 Å². The van der Waals surface area contributed by atoms with E-state index in [1.165, 1.54) is 11.1 Å². The molecular weight excluding hydrogens is 234 g/mol. The van der Waals surface area contributed by atoms with Gasteiger partial charge in [-0.2, -0.15) is 0 Å². The predicted octanol–water partition coefficient (Wildman–Crippen LogP) is 4.04. The summed E-state index contributed by atoms with van der Waals surface area (Å²) >= 11 is 0. The van der Waals surface area contributed by atoms with Crippen LogP contribution in [0.5, 0.6) is 0 Å². The van der Waals surface area contributed by atoms with Crippen molar-refractivity contribution >= 4 is 11.8 Å². The Balaban J connectivity index is 2.36. The second-order valence-corrected chi connectivity index (χ2v) is 4.87. The molecule has 0 fully saturated rings. The van der Waals surface area contributed by atoms with E-state index < -0.39 is 0 Å². The first-order chi connectivity index (χ1) is 9.20. The summed E-state index contributed by atoms with van der Waals surface area (Å²) in [6.07, 6.45) is 2.86. The summed E-state index contributed by atoms with van der Waals surface area (Å²) < 4.78 is 1.93. The van der Waals surface area contributed by atoms with Gasteiger partial charge in [0, 0.05) is 17.3 Å². The minimum atomic E-state index is 0.712. The minimum Gasteiger partial charge on any atom is -0.314 e. The maximum absolute atomic E-state index is 11.5. The SMILES string of the molecule is Cc1ccc(C)c(-c2cc3ccccn3c2C=O)c1. The van der Waals surface area contributed by atoms with E-state index in [0.29, 0.717) is 5.69 Å². The Morgan fingerprint density at radius 2 is 1.84 bits per heavy atom. The molecule has 2 nitrogen and oxygen atoms in total. The standard InChI is InChI=1S/C17H15NO/c1-12-6-7-13(2)15(9-12)16-10-14-5-3-4-8-18(14)17(16)11-19/h3-11H,1-2H3. The van der Waals surface area contributed by atoms with Gasteiger partial charge in [0.1, 0.15) is 0 Å². The highest BCUT2D eigenvalue weighted by atomic mass is 16.1. The molecule has 0 saturated carbocycles. The molecule has 2 aromatic heterocycles. The third-order valence-corrected chi connectivity index (χ3v) is 3.51. The zero-order chi connectivity index (χ0) is 13.4. The topological polar surface area (TPSA) is 21.5 Å². The molecule has 94 valence electrons. The molecule has 2 heterocycles. The summed E-state index contributed by atoms with van der Waals surface area (Å²) in [5.74, 6) is 0. The average molecular weight is 249 g/mol. The van der Waals surface area contributed by atoms with Crippen molar-refractivity contribution in [2.24, 2.45) is 0 Å². The number of pyridine rings is 1. The van der Waals surface area contributed by atoms with E-state index in [2.05, 4.69) is 38.1 Å². The number of carbonyl (C=O) groups is 1. The quantitative estimate of drug-likeness (QED) is 0.628. The monoisotopic (exact) mass is 249 g/mol. The van der Waals surface area contributed by atoms with Gasteiger partial charge in [-0.05, 0) is 43.2 Å². The van der Waals surface area contributed by atoms with E-state index in [0.717, 1.165) is 22.9 Å². The molecule has 0 radical (unpaired) electrons. The zero-order valence-corrected chi connectivity index (χ0v) is 11.1. The number of nitrogens with zero attached hydrogens (tertiary/aromatic N) is 1. The summed E-state index contributed by atoms with van der Waals surface area (Å²) in [6, 6.07) is 14.3. The van der Waals surface area contributed by atoms with Crippen LogP contribution in [0.1, 0.15) is 21.6 Å². The number of hydrogen-bond donors (Lipinski definition) is 0. The summed E-state index contributed by atoms with van der Waals surface area (Å²) in [5, 5.41) is 0. The molecule has 0 saturated heterocycles. The molecule has 1 aromatic carbocycles. The Labute approximate surface area is 112 Å². The van der Waals surface area contributed by atoms with Crippen LogP contribution in [0, 0.1) is 13.8 Å². The molecule has 0 amide bonds. The number of fused-ring (bicyclic) bond motifs is 1. The van der Waals surface area contributed by atoms with Crippen molar-refractivity contribution in [3.05, 3.63) is 65.5 Å². The Morgan fingerprint density at radius 3 is 2.63 bits per heavy atom. The van der Waals surface area contributed by atoms with E-state index in [9.17, 15) is 4.79 Å². The van der Waals surface area contributed by atoms with Gasteiger partial charge in [0.25, 0.3) is 0 Å². The van der Waals surface area contributed by atoms with Crippen molar-refractivity contribution in [2.45, 2.75) is 13.8 Å². The molecule has 3 rings (SSSR count). The van der Waals surface area contributed by atoms with Gasteiger partial charge in [-0.1, -0.05) is 29.8 Å². The van der Waals surface area contributed by atoms with Crippen LogP contribution in [-0.2, 0) is 0 Å². The second kappa shape index (κ2) is 4.39. The first-order valence-corrected chi connectivity index (χ1v) is 6.33. The van der Waals surface area contributed by atoms with Crippen LogP contribution >= 0.6 is 0 Å². The molecule has 0 unspecified atom stereocenters. The van der Waals surface area contributed by atoms with E-state index >= 15 is 0 Å². The number of rotatable bonds is 2. The number of benzene rings is 1. The van der Waals surface area contributed by atoms with Gasteiger partial charge in [-0.15, -0.1) is 0 Å². The van der Waals surface area contributed by atoms with E-state index in [1.54, 1.807) is 0 Å². The molecule has 0 aliphatic rings. The van der Waals surface area contributed by atoms with Crippen LogP contribution in [0.25, 0.3) is 16.6 Å². The van der Waals surface area contributed by atoms with Crippen LogP contribution in [0.2, 0.25) is 0 Å². The number of carbonyl (C=O) groups excluding carboxylic acids is 1. The minimum absolute atomic E-state index is 0.712. The number of aryl methyl sites for hydroxylation is 2. The molecule has 0 atom stereocenters. The van der Waals surface area contributed by atoms with E-state index in [1.807, 2.05) is 28.8 Å². The van der Waals surface area contributed by atoms with Crippen molar-refractivity contribution < 1.29 is 4.79 Å². The van der Waals surface area contributed by atoms with Gasteiger partial charge < -0.3 is 4.40 Å². The lowest BCUT2D eigenvalue weighted by molar-refractivity contribution is 0.111. The van der Waals surface area contributed by atoms with Gasteiger partial charge >= 0.3 is 0 Å². The van der Waals surface area contributed by atoms with Crippen LogP contribution in [0.15, 0.2) is 48.7 Å². The van der Waals surface area contributed by atoms with Gasteiger partial charge in [-0.25, -0.2) is 0 Å². The Bertz CT molecular complexity index is 768. The highest BCUT2D eigenvalue weighted by molar-refractivity contribution is 5.90. The van der Waals surface area contributed by atoms with Crippen LogP contribution < -0.4 is 0 Å². The van der Waals surface area contributed by atoms with Crippen molar-refractivity contribution in [3.8, 4) is 11.1 Å². The van der Waals surface area contributed by atoms with Crippen molar-refractivity contribution in [1.29, 1.82) is 0 Å².